The second kappa shape index (κ2) is 7.07. The molecule has 2 N–H and O–H groups in total. The van der Waals surface area contributed by atoms with Crippen LogP contribution in [0, 0.1) is 5.92 Å². The van der Waals surface area contributed by atoms with Crippen LogP contribution in [0.15, 0.2) is 0 Å². The van der Waals surface area contributed by atoms with E-state index in [0.717, 1.165) is 38.9 Å². The van der Waals surface area contributed by atoms with Gasteiger partial charge in [0.15, 0.2) is 0 Å². The molecule has 0 radical (unpaired) electrons. The van der Waals surface area contributed by atoms with Gasteiger partial charge in [-0.15, -0.1) is 0 Å². The Balaban J connectivity index is 1.68. The van der Waals surface area contributed by atoms with Crippen molar-refractivity contribution in [3.05, 3.63) is 0 Å². The molecule has 0 bridgehead atoms. The normalized spacial score (nSPS) is 24.1. The zero-order valence-corrected chi connectivity index (χ0v) is 12.7. The van der Waals surface area contributed by atoms with Crippen molar-refractivity contribution >= 4 is 11.8 Å². The summed E-state index contributed by atoms with van der Waals surface area (Å²) < 4.78 is 0. The summed E-state index contributed by atoms with van der Waals surface area (Å²) in [6, 6.07) is 0.595. The standard InChI is InChI=1S/C15H27N3O2/c1-11(2)15(20)18-8-5-12(6-9-18)17-14(19)10-13-4-3-7-16-13/h11-13,16H,3-10H2,1-2H3,(H,17,19). The average Bonchev–Trinajstić information content (AvgIpc) is 2.91. The highest BCUT2D eigenvalue weighted by Crippen LogP contribution is 2.14. The molecule has 5 nitrogen and oxygen atoms in total. The van der Waals surface area contributed by atoms with Gasteiger partial charge in [0.05, 0.1) is 0 Å². The van der Waals surface area contributed by atoms with E-state index in [1.54, 1.807) is 0 Å². The molecule has 2 rings (SSSR count). The molecule has 0 aliphatic carbocycles. The van der Waals surface area contributed by atoms with E-state index in [4.69, 9.17) is 0 Å². The Bertz CT molecular complexity index is 343. The molecule has 2 aliphatic rings. The van der Waals surface area contributed by atoms with Gasteiger partial charge in [0.2, 0.25) is 11.8 Å². The van der Waals surface area contributed by atoms with E-state index >= 15 is 0 Å². The zero-order valence-electron chi connectivity index (χ0n) is 12.7. The third-order valence-electron chi connectivity index (χ3n) is 4.26. The van der Waals surface area contributed by atoms with E-state index in [2.05, 4.69) is 10.6 Å². The molecule has 2 aliphatic heterocycles. The fourth-order valence-electron chi connectivity index (χ4n) is 3.05. The minimum atomic E-state index is 0.0644. The van der Waals surface area contributed by atoms with Crippen molar-refractivity contribution in [1.82, 2.24) is 15.5 Å². The number of nitrogens with zero attached hydrogens (tertiary/aromatic N) is 1. The minimum absolute atomic E-state index is 0.0644. The number of likely N-dealkylation sites (tertiary alicyclic amines) is 1. The highest BCUT2D eigenvalue weighted by molar-refractivity contribution is 5.78. The van der Waals surface area contributed by atoms with E-state index in [-0.39, 0.29) is 23.8 Å². The van der Waals surface area contributed by atoms with Crippen LogP contribution in [0.25, 0.3) is 0 Å². The van der Waals surface area contributed by atoms with Crippen LogP contribution in [-0.2, 0) is 9.59 Å². The predicted octanol–water partition coefficient (Wildman–Crippen LogP) is 0.892. The van der Waals surface area contributed by atoms with Gasteiger partial charge in [0.25, 0.3) is 0 Å². The van der Waals surface area contributed by atoms with Gasteiger partial charge in [0, 0.05) is 37.5 Å². The molecule has 0 aromatic heterocycles. The van der Waals surface area contributed by atoms with Crippen LogP contribution < -0.4 is 10.6 Å². The summed E-state index contributed by atoms with van der Waals surface area (Å²) in [5.41, 5.74) is 0. The Morgan fingerprint density at radius 2 is 1.95 bits per heavy atom. The van der Waals surface area contributed by atoms with Crippen molar-refractivity contribution in [3.63, 3.8) is 0 Å². The number of carbonyl (C=O) groups excluding carboxylic acids is 2. The number of piperidine rings is 1. The number of nitrogens with one attached hydrogen (secondary N) is 2. The Morgan fingerprint density at radius 1 is 1.25 bits per heavy atom. The smallest absolute Gasteiger partial charge is 0.225 e. The lowest BCUT2D eigenvalue weighted by atomic mass is 10.0. The molecule has 114 valence electrons. The monoisotopic (exact) mass is 281 g/mol. The van der Waals surface area contributed by atoms with Crippen molar-refractivity contribution in [2.45, 2.75) is 58.0 Å². The van der Waals surface area contributed by atoms with Crippen molar-refractivity contribution in [2.24, 2.45) is 5.92 Å². The predicted molar refractivity (Wildman–Crippen MR) is 78.2 cm³/mol. The van der Waals surface area contributed by atoms with E-state index in [9.17, 15) is 9.59 Å². The Labute approximate surface area is 121 Å². The van der Waals surface area contributed by atoms with Crippen LogP contribution in [-0.4, -0.2) is 48.4 Å². The summed E-state index contributed by atoms with van der Waals surface area (Å²) in [5.74, 6) is 0.442. The molecule has 2 amide bonds. The highest BCUT2D eigenvalue weighted by Gasteiger charge is 2.26. The molecule has 0 aromatic rings. The number of hydrogen-bond acceptors (Lipinski definition) is 3. The van der Waals surface area contributed by atoms with Crippen LogP contribution in [0.3, 0.4) is 0 Å². The molecule has 1 atom stereocenters. The van der Waals surface area contributed by atoms with E-state index in [1.807, 2.05) is 18.7 Å². The first-order chi connectivity index (χ1) is 9.56. The van der Waals surface area contributed by atoms with E-state index < -0.39 is 0 Å². The van der Waals surface area contributed by atoms with Crippen LogP contribution in [0.4, 0.5) is 0 Å². The van der Waals surface area contributed by atoms with Gasteiger partial charge < -0.3 is 15.5 Å². The highest BCUT2D eigenvalue weighted by atomic mass is 16.2. The topological polar surface area (TPSA) is 61.4 Å². The second-order valence-corrected chi connectivity index (χ2v) is 6.32. The minimum Gasteiger partial charge on any atom is -0.353 e. The van der Waals surface area contributed by atoms with Crippen LogP contribution in [0.1, 0.15) is 46.0 Å². The molecular weight excluding hydrogens is 254 g/mol. The summed E-state index contributed by atoms with van der Waals surface area (Å²) >= 11 is 0. The maximum Gasteiger partial charge on any atom is 0.225 e. The fourth-order valence-corrected chi connectivity index (χ4v) is 3.05. The summed E-state index contributed by atoms with van der Waals surface area (Å²) in [6.45, 7) is 6.44. The van der Waals surface area contributed by atoms with Gasteiger partial charge in [-0.1, -0.05) is 13.8 Å². The first-order valence-corrected chi connectivity index (χ1v) is 7.88. The lowest BCUT2D eigenvalue weighted by molar-refractivity contribution is -0.135. The SMILES string of the molecule is CC(C)C(=O)N1CCC(NC(=O)CC2CCCN2)CC1. The number of carbonyl (C=O) groups is 2. The Hall–Kier alpha value is -1.10. The van der Waals surface area contributed by atoms with Crippen LogP contribution in [0.2, 0.25) is 0 Å². The Kier molecular flexibility index (Phi) is 5.40. The summed E-state index contributed by atoms with van der Waals surface area (Å²) in [7, 11) is 0. The Morgan fingerprint density at radius 3 is 2.50 bits per heavy atom. The first-order valence-electron chi connectivity index (χ1n) is 7.88. The maximum atomic E-state index is 12.0. The van der Waals surface area contributed by atoms with Gasteiger partial charge in [0.1, 0.15) is 0 Å². The largest absolute Gasteiger partial charge is 0.353 e. The van der Waals surface area contributed by atoms with Crippen molar-refractivity contribution in [3.8, 4) is 0 Å². The van der Waals surface area contributed by atoms with E-state index in [1.165, 1.54) is 6.42 Å². The maximum absolute atomic E-state index is 12.0. The second-order valence-electron chi connectivity index (χ2n) is 6.32. The molecule has 20 heavy (non-hydrogen) atoms. The quantitative estimate of drug-likeness (QED) is 0.804. The molecule has 0 aromatic carbocycles. The molecule has 0 saturated carbocycles. The molecule has 2 fully saturated rings. The molecule has 1 unspecified atom stereocenters. The molecule has 2 heterocycles. The zero-order chi connectivity index (χ0) is 14.5. The molecule has 2 saturated heterocycles. The number of rotatable bonds is 4. The van der Waals surface area contributed by atoms with Gasteiger partial charge in [-0.2, -0.15) is 0 Å². The van der Waals surface area contributed by atoms with Gasteiger partial charge in [-0.3, -0.25) is 9.59 Å². The number of amides is 2. The molecule has 0 spiro atoms. The third-order valence-corrected chi connectivity index (χ3v) is 4.26. The third kappa shape index (κ3) is 4.20. The van der Waals surface area contributed by atoms with Crippen LogP contribution >= 0.6 is 0 Å². The van der Waals surface area contributed by atoms with Crippen molar-refractivity contribution in [2.75, 3.05) is 19.6 Å². The average molecular weight is 281 g/mol. The molecular formula is C15H27N3O2. The number of hydrogen-bond donors (Lipinski definition) is 2. The fraction of sp³-hybridized carbons (Fsp3) is 0.867. The van der Waals surface area contributed by atoms with Gasteiger partial charge in [-0.05, 0) is 32.2 Å². The lowest BCUT2D eigenvalue weighted by Crippen LogP contribution is -2.48. The van der Waals surface area contributed by atoms with Crippen molar-refractivity contribution < 1.29 is 9.59 Å². The summed E-state index contributed by atoms with van der Waals surface area (Å²) in [6.07, 6.45) is 4.62. The van der Waals surface area contributed by atoms with Gasteiger partial charge in [-0.25, -0.2) is 0 Å². The van der Waals surface area contributed by atoms with Crippen LogP contribution in [0.5, 0.6) is 0 Å². The summed E-state index contributed by atoms with van der Waals surface area (Å²) in [5, 5.41) is 6.46. The first kappa shape index (κ1) is 15.3. The lowest BCUT2D eigenvalue weighted by Gasteiger charge is -2.33. The summed E-state index contributed by atoms with van der Waals surface area (Å²) in [4.78, 5) is 25.8. The molecule has 5 heteroatoms. The van der Waals surface area contributed by atoms with Crippen molar-refractivity contribution in [1.29, 1.82) is 0 Å². The van der Waals surface area contributed by atoms with E-state index in [0.29, 0.717) is 12.5 Å². The van der Waals surface area contributed by atoms with Gasteiger partial charge >= 0.3 is 0 Å².